The normalized spacial score (nSPS) is 16.4. The third kappa shape index (κ3) is 6.45. The number of aliphatic hydroxyl groups excluding tert-OH is 1. The van der Waals surface area contributed by atoms with Crippen LogP contribution in [0.25, 0.3) is 11.0 Å². The highest BCUT2D eigenvalue weighted by molar-refractivity contribution is 5.89. The molecule has 2 atom stereocenters. The fourth-order valence-electron chi connectivity index (χ4n) is 4.56. The zero-order chi connectivity index (χ0) is 26.2. The van der Waals surface area contributed by atoms with Gasteiger partial charge >= 0.3 is 6.09 Å². The second-order valence-electron chi connectivity index (χ2n) is 8.97. The van der Waals surface area contributed by atoms with E-state index in [2.05, 4.69) is 61.5 Å². The molecule has 0 spiro atoms. The lowest BCUT2D eigenvalue weighted by Gasteiger charge is -2.25. The van der Waals surface area contributed by atoms with Gasteiger partial charge in [0.2, 0.25) is 5.95 Å². The summed E-state index contributed by atoms with van der Waals surface area (Å²) in [7, 11) is 2.95. The number of methoxy groups -OCH3 is 2. The van der Waals surface area contributed by atoms with Crippen LogP contribution < -0.4 is 26.0 Å². The molecule has 4 rings (SSSR count). The van der Waals surface area contributed by atoms with Crippen molar-refractivity contribution < 1.29 is 19.4 Å². The maximum atomic E-state index is 11.8. The fourth-order valence-corrected chi connectivity index (χ4v) is 4.56. The molecular formula is C25H36N8O4. The lowest BCUT2D eigenvalue weighted by molar-refractivity contribution is 0.186. The highest BCUT2D eigenvalue weighted by atomic mass is 16.5. The minimum absolute atomic E-state index is 0.00662. The van der Waals surface area contributed by atoms with Crippen molar-refractivity contribution in [3.8, 4) is 5.75 Å². The lowest BCUT2D eigenvalue weighted by Crippen LogP contribution is -2.42. The summed E-state index contributed by atoms with van der Waals surface area (Å²) in [5, 5.41) is 27.1. The molecule has 0 bridgehead atoms. The van der Waals surface area contributed by atoms with Crippen molar-refractivity contribution in [3.05, 3.63) is 35.5 Å². The first-order valence-corrected chi connectivity index (χ1v) is 12.6. The van der Waals surface area contributed by atoms with Crippen LogP contribution in [-0.4, -0.2) is 77.5 Å². The summed E-state index contributed by atoms with van der Waals surface area (Å²) < 4.78 is 12.3. The number of hydrogen-bond acceptors (Lipinski definition) is 10. The number of carbonyl (C=O) groups is 1. The fraction of sp³-hybridized carbons (Fsp3) is 0.520. The van der Waals surface area contributed by atoms with Gasteiger partial charge in [-0.15, -0.1) is 0 Å². The molecule has 37 heavy (non-hydrogen) atoms. The van der Waals surface area contributed by atoms with Gasteiger partial charge in [0.25, 0.3) is 0 Å². The van der Waals surface area contributed by atoms with Crippen LogP contribution >= 0.6 is 0 Å². The number of benzene rings is 1. The standard InChI is InChI=1S/C25H36N8O4/c1-4-5-18(8-11-34)29-23-22-20(30-24(31-23)32-25(35)37-3)14-28-33(22)15-17-7-6-16(12-21(17)36-2)19-13-26-9-10-27-19/h6-7,12,14,18-19,26-27,34H,4-5,8-11,13,15H2,1-3H3,(H2,29,30,31,32,35)/t18-,19?/m0/s1. The molecule has 1 aliphatic heterocycles. The van der Waals surface area contributed by atoms with Crippen LogP contribution in [0.15, 0.2) is 24.4 Å². The summed E-state index contributed by atoms with van der Waals surface area (Å²) in [6, 6.07) is 6.46. The van der Waals surface area contributed by atoms with E-state index < -0.39 is 6.09 Å². The van der Waals surface area contributed by atoms with E-state index in [0.29, 0.717) is 29.8 Å². The van der Waals surface area contributed by atoms with Gasteiger partial charge in [0.1, 0.15) is 16.8 Å². The monoisotopic (exact) mass is 512 g/mol. The highest BCUT2D eigenvalue weighted by Gasteiger charge is 2.20. The minimum Gasteiger partial charge on any atom is -0.496 e. The van der Waals surface area contributed by atoms with Gasteiger partial charge in [-0.25, -0.2) is 9.78 Å². The van der Waals surface area contributed by atoms with Crippen molar-refractivity contribution in [2.24, 2.45) is 0 Å². The average molecular weight is 513 g/mol. The lowest BCUT2D eigenvalue weighted by atomic mass is 10.0. The number of fused-ring (bicyclic) bond motifs is 1. The largest absolute Gasteiger partial charge is 0.496 e. The summed E-state index contributed by atoms with van der Waals surface area (Å²) in [4.78, 5) is 20.8. The van der Waals surface area contributed by atoms with E-state index in [9.17, 15) is 9.90 Å². The van der Waals surface area contributed by atoms with E-state index in [1.54, 1.807) is 13.3 Å². The van der Waals surface area contributed by atoms with Crippen molar-refractivity contribution in [1.29, 1.82) is 0 Å². The van der Waals surface area contributed by atoms with E-state index in [4.69, 9.17) is 9.47 Å². The van der Waals surface area contributed by atoms with Gasteiger partial charge in [-0.2, -0.15) is 10.1 Å². The molecular weight excluding hydrogens is 476 g/mol. The predicted molar refractivity (Wildman–Crippen MR) is 141 cm³/mol. The minimum atomic E-state index is -0.661. The Labute approximate surface area is 216 Å². The topological polar surface area (TPSA) is 147 Å². The Bertz CT molecular complexity index is 1190. The number of amides is 1. The molecule has 200 valence electrons. The summed E-state index contributed by atoms with van der Waals surface area (Å²) in [6.45, 7) is 5.33. The summed E-state index contributed by atoms with van der Waals surface area (Å²) in [6.07, 6.45) is 3.33. The zero-order valence-corrected chi connectivity index (χ0v) is 21.6. The number of nitrogens with one attached hydrogen (secondary N) is 4. The van der Waals surface area contributed by atoms with Gasteiger partial charge in [-0.1, -0.05) is 25.5 Å². The van der Waals surface area contributed by atoms with Gasteiger partial charge < -0.3 is 30.5 Å². The number of aliphatic hydroxyl groups is 1. The first-order valence-electron chi connectivity index (χ1n) is 12.6. The van der Waals surface area contributed by atoms with Gasteiger partial charge in [0.05, 0.1) is 27.0 Å². The number of carbonyl (C=O) groups excluding carboxylic acids is 1. The molecule has 1 fully saturated rings. The molecule has 1 aromatic carbocycles. The number of anilines is 2. The summed E-state index contributed by atoms with van der Waals surface area (Å²) >= 11 is 0. The number of rotatable bonds is 11. The molecule has 1 unspecified atom stereocenters. The van der Waals surface area contributed by atoms with E-state index in [-0.39, 0.29) is 24.6 Å². The first-order chi connectivity index (χ1) is 18.1. The van der Waals surface area contributed by atoms with Crippen LogP contribution in [0.4, 0.5) is 16.6 Å². The van der Waals surface area contributed by atoms with Crippen molar-refractivity contribution in [1.82, 2.24) is 30.4 Å². The van der Waals surface area contributed by atoms with Gasteiger partial charge in [0, 0.05) is 43.9 Å². The molecule has 12 nitrogen and oxygen atoms in total. The molecule has 0 radical (unpaired) electrons. The Morgan fingerprint density at radius 3 is 2.84 bits per heavy atom. The summed E-state index contributed by atoms with van der Waals surface area (Å²) in [5.41, 5.74) is 3.38. The number of aromatic nitrogens is 4. The van der Waals surface area contributed by atoms with Crippen LogP contribution in [0.5, 0.6) is 5.75 Å². The van der Waals surface area contributed by atoms with Crippen LogP contribution in [0.3, 0.4) is 0 Å². The molecule has 5 N–H and O–H groups in total. The quantitative estimate of drug-likeness (QED) is 0.259. The SMILES string of the molecule is CCC[C@@H](CCO)Nc1nc(NC(=O)OC)nc2cnn(Cc3ccc(C4CNCCN4)cc3OC)c12. The Morgan fingerprint density at radius 2 is 2.14 bits per heavy atom. The molecule has 3 heterocycles. The molecule has 1 amide bonds. The second-order valence-corrected chi connectivity index (χ2v) is 8.97. The molecule has 2 aromatic heterocycles. The van der Waals surface area contributed by atoms with Crippen LogP contribution in [0.2, 0.25) is 0 Å². The number of piperazine rings is 1. The third-order valence-corrected chi connectivity index (χ3v) is 6.42. The van der Waals surface area contributed by atoms with Crippen molar-refractivity contribution >= 4 is 28.9 Å². The van der Waals surface area contributed by atoms with E-state index in [1.165, 1.54) is 7.11 Å². The Balaban J connectivity index is 1.69. The van der Waals surface area contributed by atoms with E-state index >= 15 is 0 Å². The van der Waals surface area contributed by atoms with Crippen LogP contribution in [0.1, 0.15) is 43.4 Å². The maximum absolute atomic E-state index is 11.8. The van der Waals surface area contributed by atoms with Crippen LogP contribution in [-0.2, 0) is 11.3 Å². The Morgan fingerprint density at radius 1 is 1.27 bits per heavy atom. The van der Waals surface area contributed by atoms with Crippen molar-refractivity contribution in [2.75, 3.05) is 51.1 Å². The van der Waals surface area contributed by atoms with E-state index in [0.717, 1.165) is 49.4 Å². The van der Waals surface area contributed by atoms with Gasteiger partial charge in [0.15, 0.2) is 5.82 Å². The van der Waals surface area contributed by atoms with Crippen molar-refractivity contribution in [3.63, 3.8) is 0 Å². The Kier molecular flexibility index (Phi) is 9.09. The first kappa shape index (κ1) is 26.6. The molecule has 0 aliphatic carbocycles. The summed E-state index contributed by atoms with van der Waals surface area (Å²) in [5.74, 6) is 1.40. The third-order valence-electron chi connectivity index (χ3n) is 6.42. The number of ether oxygens (including phenoxy) is 2. The smallest absolute Gasteiger partial charge is 0.413 e. The molecule has 1 saturated heterocycles. The zero-order valence-electron chi connectivity index (χ0n) is 21.6. The molecule has 1 aliphatic rings. The predicted octanol–water partition coefficient (Wildman–Crippen LogP) is 2.26. The average Bonchev–Trinajstić information content (AvgIpc) is 3.32. The van der Waals surface area contributed by atoms with Gasteiger partial charge in [-0.3, -0.25) is 10.00 Å². The van der Waals surface area contributed by atoms with E-state index in [1.807, 2.05) is 4.68 Å². The number of nitrogens with zero attached hydrogens (tertiary/aromatic N) is 4. The van der Waals surface area contributed by atoms with Crippen molar-refractivity contribution in [2.45, 2.75) is 44.8 Å². The second kappa shape index (κ2) is 12.7. The van der Waals surface area contributed by atoms with Gasteiger partial charge in [-0.05, 0) is 24.5 Å². The molecule has 3 aromatic rings. The highest BCUT2D eigenvalue weighted by Crippen LogP contribution is 2.29. The molecule has 0 saturated carbocycles. The number of hydrogen-bond donors (Lipinski definition) is 5. The van der Waals surface area contributed by atoms with Crippen LogP contribution in [0, 0.1) is 0 Å². The maximum Gasteiger partial charge on any atom is 0.413 e. The Hall–Kier alpha value is -3.48. The molecule has 12 heteroatoms.